The maximum atomic E-state index is 12.7. The number of benzene rings is 3. The van der Waals surface area contributed by atoms with E-state index in [2.05, 4.69) is 13.2 Å². The van der Waals surface area contributed by atoms with Crippen molar-refractivity contribution in [3.05, 3.63) is 109 Å². The quantitative estimate of drug-likeness (QED) is 0.0911. The SMILES string of the molecule is C=CC(=O)OCCCS(=O)(=O)c1ccc(C(=O)Oc2ccc(OC(=O)c3ccc(S(=O)(=O)CCCOC(=O)C=C)cc3)c(C)c2)cc1. The van der Waals surface area contributed by atoms with E-state index in [0.29, 0.717) is 5.56 Å². The van der Waals surface area contributed by atoms with Gasteiger partial charge in [-0.25, -0.2) is 36.0 Å². The Morgan fingerprint density at radius 1 is 0.638 bits per heavy atom. The van der Waals surface area contributed by atoms with Crippen molar-refractivity contribution >= 4 is 43.6 Å². The first kappa shape index (κ1) is 36.4. The Morgan fingerprint density at radius 2 is 1.06 bits per heavy atom. The number of hydrogen-bond donors (Lipinski definition) is 0. The lowest BCUT2D eigenvalue weighted by molar-refractivity contribution is -0.138. The summed E-state index contributed by atoms with van der Waals surface area (Å²) in [7, 11) is -7.36. The molecule has 0 fully saturated rings. The van der Waals surface area contributed by atoms with E-state index in [4.69, 9.17) is 18.9 Å². The molecule has 0 aliphatic rings. The first-order valence-electron chi connectivity index (χ1n) is 14.0. The molecule has 0 aliphatic carbocycles. The summed E-state index contributed by atoms with van der Waals surface area (Å²) in [5.74, 6) is -2.98. The fraction of sp³-hybridized carbons (Fsp3) is 0.212. The van der Waals surface area contributed by atoms with Crippen LogP contribution in [0.1, 0.15) is 39.1 Å². The summed E-state index contributed by atoms with van der Waals surface area (Å²) < 4.78 is 70.5. The minimum Gasteiger partial charge on any atom is -0.463 e. The van der Waals surface area contributed by atoms with Crippen LogP contribution >= 0.6 is 0 Å². The summed E-state index contributed by atoms with van der Waals surface area (Å²) in [6.45, 7) is 7.99. The van der Waals surface area contributed by atoms with Crippen LogP contribution in [0.5, 0.6) is 11.5 Å². The van der Waals surface area contributed by atoms with Crippen molar-refractivity contribution in [2.24, 2.45) is 0 Å². The third-order valence-electron chi connectivity index (χ3n) is 6.39. The van der Waals surface area contributed by atoms with Crippen molar-refractivity contribution in [3.63, 3.8) is 0 Å². The Hall–Kier alpha value is -5.08. The van der Waals surface area contributed by atoms with E-state index in [-0.39, 0.29) is 70.0 Å². The van der Waals surface area contributed by atoms with Crippen molar-refractivity contribution in [2.75, 3.05) is 24.7 Å². The lowest BCUT2D eigenvalue weighted by Crippen LogP contribution is -2.13. The third-order valence-corrected chi connectivity index (χ3v) is 10.0. The zero-order valence-electron chi connectivity index (χ0n) is 25.4. The highest BCUT2D eigenvalue weighted by molar-refractivity contribution is 7.91. The van der Waals surface area contributed by atoms with E-state index in [1.54, 1.807) is 6.92 Å². The number of sulfone groups is 2. The van der Waals surface area contributed by atoms with Gasteiger partial charge in [0.05, 0.1) is 45.6 Å². The standard InChI is InChI=1S/C33H32O12S2/c1-4-30(34)42-18-6-20-46(38,39)27-13-8-24(9-14-27)32(36)44-26-12-17-29(23(3)22-26)45-33(37)25-10-15-28(16-11-25)47(40,41)21-7-19-43-31(35)5-2/h4-5,8-17,22H,1-2,6-7,18-21H2,3H3. The number of carbonyl (C=O) groups excluding carboxylic acids is 4. The van der Waals surface area contributed by atoms with Crippen LogP contribution in [0.15, 0.2) is 102 Å². The zero-order chi connectivity index (χ0) is 34.6. The number of rotatable bonds is 16. The number of carbonyl (C=O) groups is 4. The highest BCUT2D eigenvalue weighted by atomic mass is 32.2. The number of esters is 4. The molecule has 3 aromatic rings. The predicted octanol–water partition coefficient (Wildman–Crippen LogP) is 4.22. The summed E-state index contributed by atoms with van der Waals surface area (Å²) in [6.07, 6.45) is 2.15. The molecule has 47 heavy (non-hydrogen) atoms. The molecule has 3 aromatic carbocycles. The molecule has 0 atom stereocenters. The fourth-order valence-electron chi connectivity index (χ4n) is 3.92. The van der Waals surface area contributed by atoms with Gasteiger partial charge in [-0.15, -0.1) is 0 Å². The van der Waals surface area contributed by atoms with E-state index in [9.17, 15) is 36.0 Å². The Balaban J connectivity index is 1.56. The molecule has 0 radical (unpaired) electrons. The Bertz CT molecular complexity index is 1860. The van der Waals surface area contributed by atoms with Gasteiger partial charge in [-0.2, -0.15) is 0 Å². The second-order valence-electron chi connectivity index (χ2n) is 9.84. The van der Waals surface area contributed by atoms with Crippen LogP contribution in [0.2, 0.25) is 0 Å². The van der Waals surface area contributed by atoms with E-state index in [1.165, 1.54) is 66.7 Å². The molecule has 0 spiro atoms. The molecule has 0 saturated heterocycles. The molecule has 3 rings (SSSR count). The molecule has 12 nitrogen and oxygen atoms in total. The van der Waals surface area contributed by atoms with Crippen molar-refractivity contribution in [3.8, 4) is 11.5 Å². The van der Waals surface area contributed by atoms with Gasteiger partial charge in [0, 0.05) is 12.2 Å². The number of aryl methyl sites for hydroxylation is 1. The summed E-state index contributed by atoms with van der Waals surface area (Å²) in [6, 6.07) is 14.7. The van der Waals surface area contributed by atoms with Crippen LogP contribution in [-0.4, -0.2) is 65.4 Å². The maximum Gasteiger partial charge on any atom is 0.343 e. The third kappa shape index (κ3) is 10.8. The number of ether oxygens (including phenoxy) is 4. The first-order chi connectivity index (χ1) is 22.3. The van der Waals surface area contributed by atoms with Gasteiger partial charge >= 0.3 is 23.9 Å². The molecule has 0 heterocycles. The van der Waals surface area contributed by atoms with E-state index >= 15 is 0 Å². The van der Waals surface area contributed by atoms with Gasteiger partial charge in [0.15, 0.2) is 19.7 Å². The second kappa shape index (κ2) is 16.5. The van der Waals surface area contributed by atoms with Crippen LogP contribution in [0.3, 0.4) is 0 Å². The molecule has 0 N–H and O–H groups in total. The van der Waals surface area contributed by atoms with Crippen LogP contribution in [-0.2, 0) is 38.7 Å². The summed E-state index contributed by atoms with van der Waals surface area (Å²) >= 11 is 0. The normalized spacial score (nSPS) is 11.2. The molecule has 0 saturated carbocycles. The highest BCUT2D eigenvalue weighted by Crippen LogP contribution is 2.26. The largest absolute Gasteiger partial charge is 0.463 e. The van der Waals surface area contributed by atoms with E-state index in [0.717, 1.165) is 12.2 Å². The average Bonchev–Trinajstić information content (AvgIpc) is 3.06. The van der Waals surface area contributed by atoms with Gasteiger partial charge in [0.1, 0.15) is 11.5 Å². The van der Waals surface area contributed by atoms with Crippen molar-refractivity contribution < 1.29 is 55.0 Å². The van der Waals surface area contributed by atoms with Crippen molar-refractivity contribution in [2.45, 2.75) is 29.6 Å². The van der Waals surface area contributed by atoms with E-state index < -0.39 is 43.6 Å². The second-order valence-corrected chi connectivity index (χ2v) is 14.1. The minimum absolute atomic E-state index is 0.00791. The van der Waals surface area contributed by atoms with Gasteiger partial charge in [0.25, 0.3) is 0 Å². The van der Waals surface area contributed by atoms with Gasteiger partial charge in [-0.1, -0.05) is 13.2 Å². The zero-order valence-corrected chi connectivity index (χ0v) is 27.0. The molecular formula is C33H32O12S2. The predicted molar refractivity (Wildman–Crippen MR) is 170 cm³/mol. The lowest BCUT2D eigenvalue weighted by atomic mass is 10.2. The van der Waals surface area contributed by atoms with Gasteiger partial charge < -0.3 is 18.9 Å². The van der Waals surface area contributed by atoms with Gasteiger partial charge in [-0.05, 0) is 92.1 Å². The molecule has 14 heteroatoms. The molecule has 0 amide bonds. The maximum absolute atomic E-state index is 12.7. The molecule has 0 aromatic heterocycles. The van der Waals surface area contributed by atoms with Crippen LogP contribution in [0, 0.1) is 6.92 Å². The van der Waals surface area contributed by atoms with Crippen LogP contribution in [0.25, 0.3) is 0 Å². The van der Waals surface area contributed by atoms with Crippen molar-refractivity contribution in [1.82, 2.24) is 0 Å². The Morgan fingerprint density at radius 3 is 1.47 bits per heavy atom. The fourth-order valence-corrected chi connectivity index (χ4v) is 6.49. The lowest BCUT2D eigenvalue weighted by Gasteiger charge is -2.11. The monoisotopic (exact) mass is 684 g/mol. The highest BCUT2D eigenvalue weighted by Gasteiger charge is 2.19. The van der Waals surface area contributed by atoms with E-state index in [1.807, 2.05) is 0 Å². The summed E-state index contributed by atoms with van der Waals surface area (Å²) in [5, 5.41) is 0. The molecule has 0 unspecified atom stereocenters. The molecular weight excluding hydrogens is 652 g/mol. The molecule has 248 valence electrons. The Kier molecular flexibility index (Phi) is 12.8. The van der Waals surface area contributed by atoms with Gasteiger partial charge in [0.2, 0.25) is 0 Å². The molecule has 0 bridgehead atoms. The number of hydrogen-bond acceptors (Lipinski definition) is 12. The van der Waals surface area contributed by atoms with Crippen LogP contribution in [0.4, 0.5) is 0 Å². The van der Waals surface area contributed by atoms with Gasteiger partial charge in [-0.3, -0.25) is 0 Å². The average molecular weight is 685 g/mol. The topological polar surface area (TPSA) is 173 Å². The van der Waals surface area contributed by atoms with Crippen LogP contribution < -0.4 is 9.47 Å². The summed E-state index contributed by atoms with van der Waals surface area (Å²) in [4.78, 5) is 47.5. The van der Waals surface area contributed by atoms with Crippen molar-refractivity contribution in [1.29, 1.82) is 0 Å². The summed E-state index contributed by atoms with van der Waals surface area (Å²) in [5.41, 5.74) is 0.652. The minimum atomic E-state index is -3.68. The first-order valence-corrected chi connectivity index (χ1v) is 17.4. The molecule has 0 aliphatic heterocycles. The smallest absolute Gasteiger partial charge is 0.343 e. The Labute approximate surface area is 272 Å².